The number of fused-ring (bicyclic) bond motifs is 3. The van der Waals surface area contributed by atoms with Gasteiger partial charge >= 0.3 is 0 Å². The molecule has 3 aromatic rings. The average molecular weight is 464 g/mol. The van der Waals surface area contributed by atoms with E-state index in [0.717, 1.165) is 74.3 Å². The van der Waals surface area contributed by atoms with Crippen molar-refractivity contribution in [1.29, 1.82) is 0 Å². The van der Waals surface area contributed by atoms with Gasteiger partial charge in [-0.05, 0) is 70.1 Å². The van der Waals surface area contributed by atoms with Crippen molar-refractivity contribution < 1.29 is 9.53 Å². The molecule has 172 valence electrons. The number of hydrogen-bond donors (Lipinski definition) is 1. The fourth-order valence-electron chi connectivity index (χ4n) is 6.11. The fourth-order valence-corrected chi connectivity index (χ4v) is 6.28. The van der Waals surface area contributed by atoms with Gasteiger partial charge in [0.25, 0.3) is 0 Å². The Labute approximate surface area is 199 Å². The molecule has 1 atom stereocenters. The molecule has 1 spiro atoms. The summed E-state index contributed by atoms with van der Waals surface area (Å²) in [5, 5.41) is 5.12. The number of carbonyl (C=O) groups is 1. The summed E-state index contributed by atoms with van der Waals surface area (Å²) in [5.41, 5.74) is 2.69. The first-order valence-electron chi connectivity index (χ1n) is 12.2. The van der Waals surface area contributed by atoms with Gasteiger partial charge in [-0.1, -0.05) is 35.9 Å². The average Bonchev–Trinajstić information content (AvgIpc) is 3.55. The van der Waals surface area contributed by atoms with E-state index in [1.165, 1.54) is 18.4 Å². The summed E-state index contributed by atoms with van der Waals surface area (Å²) in [6.45, 7) is 5.96. The highest BCUT2D eigenvalue weighted by Crippen LogP contribution is 2.49. The summed E-state index contributed by atoms with van der Waals surface area (Å²) < 4.78 is 8.63. The Kier molecular flexibility index (Phi) is 5.44. The Bertz CT molecular complexity index is 1190. The van der Waals surface area contributed by atoms with Crippen molar-refractivity contribution in [3.05, 3.63) is 64.8 Å². The number of piperidine rings is 1. The molecule has 2 fully saturated rings. The molecule has 0 amide bonds. The quantitative estimate of drug-likeness (QED) is 0.559. The molecule has 0 aliphatic carbocycles. The second kappa shape index (κ2) is 8.46. The monoisotopic (exact) mass is 463 g/mol. The lowest BCUT2D eigenvalue weighted by molar-refractivity contribution is 0.0649. The number of nitrogens with one attached hydrogen (secondary N) is 1. The number of ether oxygens (including phenoxy) is 1. The van der Waals surface area contributed by atoms with Crippen LogP contribution in [0.25, 0.3) is 10.9 Å². The molecule has 1 aromatic heterocycles. The number of halogens is 1. The largest absolute Gasteiger partial charge is 0.481 e. The number of carbonyl (C=O) groups excluding carboxylic acids is 1. The number of rotatable bonds is 5. The van der Waals surface area contributed by atoms with Crippen molar-refractivity contribution in [1.82, 2.24) is 14.8 Å². The number of aromatic nitrogens is 1. The zero-order chi connectivity index (χ0) is 22.4. The summed E-state index contributed by atoms with van der Waals surface area (Å²) in [6, 6.07) is 14.1. The van der Waals surface area contributed by atoms with E-state index in [9.17, 15) is 4.79 Å². The first-order chi connectivity index (χ1) is 16.2. The van der Waals surface area contributed by atoms with Crippen LogP contribution in [0.1, 0.15) is 41.6 Å². The van der Waals surface area contributed by atoms with Crippen molar-refractivity contribution >= 4 is 28.3 Å². The van der Waals surface area contributed by atoms with Gasteiger partial charge in [0, 0.05) is 46.2 Å². The van der Waals surface area contributed by atoms with Crippen LogP contribution in [0, 0.1) is 0 Å². The predicted molar refractivity (Wildman–Crippen MR) is 132 cm³/mol. The molecule has 0 saturated carbocycles. The van der Waals surface area contributed by atoms with E-state index < -0.39 is 6.10 Å². The van der Waals surface area contributed by atoms with Crippen LogP contribution < -0.4 is 10.1 Å². The topological polar surface area (TPSA) is 46.5 Å². The van der Waals surface area contributed by atoms with Crippen LogP contribution in [0.15, 0.2) is 48.7 Å². The number of ketones is 1. The van der Waals surface area contributed by atoms with Crippen LogP contribution in [-0.4, -0.2) is 54.1 Å². The van der Waals surface area contributed by atoms with Crippen LogP contribution in [0.2, 0.25) is 5.02 Å². The summed E-state index contributed by atoms with van der Waals surface area (Å²) in [4.78, 5) is 16.7. The molecule has 33 heavy (non-hydrogen) atoms. The van der Waals surface area contributed by atoms with Crippen molar-refractivity contribution in [2.24, 2.45) is 0 Å². The molecule has 4 heterocycles. The summed E-state index contributed by atoms with van der Waals surface area (Å²) in [7, 11) is 0. The van der Waals surface area contributed by atoms with Crippen molar-refractivity contribution in [3.63, 3.8) is 0 Å². The van der Waals surface area contributed by atoms with Gasteiger partial charge in [-0.3, -0.25) is 4.79 Å². The molecule has 3 aliphatic rings. The van der Waals surface area contributed by atoms with Gasteiger partial charge < -0.3 is 19.5 Å². The third kappa shape index (κ3) is 3.58. The summed E-state index contributed by atoms with van der Waals surface area (Å²) in [5.74, 6) is 0.943. The van der Waals surface area contributed by atoms with Crippen molar-refractivity contribution in [3.8, 4) is 5.75 Å². The van der Waals surface area contributed by atoms with Gasteiger partial charge in [0.1, 0.15) is 5.75 Å². The Morgan fingerprint density at radius 2 is 1.88 bits per heavy atom. The minimum Gasteiger partial charge on any atom is -0.481 e. The lowest BCUT2D eigenvalue weighted by Gasteiger charge is -2.37. The van der Waals surface area contributed by atoms with Crippen LogP contribution >= 0.6 is 11.6 Å². The van der Waals surface area contributed by atoms with Crippen LogP contribution in [-0.2, 0) is 12.0 Å². The van der Waals surface area contributed by atoms with Gasteiger partial charge in [-0.25, -0.2) is 0 Å². The second-order valence-corrected chi connectivity index (χ2v) is 10.1. The highest BCUT2D eigenvalue weighted by atomic mass is 35.5. The Hall–Kier alpha value is -2.34. The molecular formula is C27H30ClN3O2. The number of nitrogens with zero attached hydrogens (tertiary/aromatic N) is 2. The van der Waals surface area contributed by atoms with Gasteiger partial charge in [-0.15, -0.1) is 0 Å². The van der Waals surface area contributed by atoms with Gasteiger partial charge in [0.2, 0.25) is 5.78 Å². The number of Topliss-reactive ketones (excluding diaryl/α,β-unsaturated/α-hetero) is 1. The zero-order valence-corrected chi connectivity index (χ0v) is 19.6. The molecule has 3 aliphatic heterocycles. The molecule has 1 N–H and O–H groups in total. The summed E-state index contributed by atoms with van der Waals surface area (Å²) in [6.07, 6.45) is 5.90. The van der Waals surface area contributed by atoms with Crippen LogP contribution in [0.5, 0.6) is 5.75 Å². The predicted octanol–water partition coefficient (Wildman–Crippen LogP) is 4.66. The molecule has 2 aromatic carbocycles. The standard InChI is InChI=1S/C27H30ClN3O2/c28-19-7-8-20-21(18-31(23(20)17-19)16-15-30-13-3-4-14-30)25(32)26-27(9-11-29-12-10-27)22-5-1-2-6-24(22)33-26/h1-2,5-8,17-18,26,29H,3-4,9-16H2/t26-/m0/s1. The Balaban J connectivity index is 1.38. The maximum atomic E-state index is 14.2. The first kappa shape index (κ1) is 21.2. The first-order valence-corrected chi connectivity index (χ1v) is 12.6. The van der Waals surface area contributed by atoms with E-state index in [1.807, 2.05) is 36.5 Å². The van der Waals surface area contributed by atoms with E-state index in [1.54, 1.807) is 0 Å². The maximum absolute atomic E-state index is 14.2. The van der Waals surface area contributed by atoms with Gasteiger partial charge in [0.15, 0.2) is 6.10 Å². The van der Waals surface area contributed by atoms with E-state index in [4.69, 9.17) is 16.3 Å². The Morgan fingerprint density at radius 1 is 1.09 bits per heavy atom. The number of benzene rings is 2. The Morgan fingerprint density at radius 3 is 2.70 bits per heavy atom. The maximum Gasteiger partial charge on any atom is 0.206 e. The molecular weight excluding hydrogens is 434 g/mol. The molecule has 0 radical (unpaired) electrons. The van der Waals surface area contributed by atoms with Crippen LogP contribution in [0.3, 0.4) is 0 Å². The molecule has 0 bridgehead atoms. The lowest BCUT2D eigenvalue weighted by atomic mass is 9.68. The molecule has 6 heteroatoms. The molecule has 6 rings (SSSR count). The third-order valence-corrected chi connectivity index (χ3v) is 8.10. The van der Waals surface area contributed by atoms with E-state index >= 15 is 0 Å². The minimum atomic E-state index is -0.495. The van der Waals surface area contributed by atoms with E-state index in [-0.39, 0.29) is 11.2 Å². The number of hydrogen-bond acceptors (Lipinski definition) is 4. The zero-order valence-electron chi connectivity index (χ0n) is 18.9. The van der Waals surface area contributed by atoms with Crippen molar-refractivity contribution in [2.45, 2.75) is 43.7 Å². The SMILES string of the molecule is O=C(c1cn(CCN2CCCC2)c2cc(Cl)ccc12)[C@@H]1Oc2ccccc2C12CCNCC2. The normalized spacial score (nSPS) is 22.0. The summed E-state index contributed by atoms with van der Waals surface area (Å²) >= 11 is 6.37. The number of likely N-dealkylation sites (tertiary alicyclic amines) is 1. The highest BCUT2D eigenvalue weighted by molar-refractivity contribution is 6.31. The fraction of sp³-hybridized carbons (Fsp3) is 0.444. The van der Waals surface area contributed by atoms with Crippen LogP contribution in [0.4, 0.5) is 0 Å². The molecule has 0 unspecified atom stereocenters. The van der Waals surface area contributed by atoms with Crippen molar-refractivity contribution in [2.75, 3.05) is 32.7 Å². The third-order valence-electron chi connectivity index (χ3n) is 7.87. The second-order valence-electron chi connectivity index (χ2n) is 9.71. The highest BCUT2D eigenvalue weighted by Gasteiger charge is 2.53. The van der Waals surface area contributed by atoms with E-state index in [0.29, 0.717) is 5.02 Å². The van der Waals surface area contributed by atoms with Gasteiger partial charge in [0.05, 0.1) is 5.52 Å². The van der Waals surface area contributed by atoms with E-state index in [2.05, 4.69) is 26.9 Å². The number of para-hydroxylation sites is 1. The molecule has 2 saturated heterocycles. The lowest BCUT2D eigenvalue weighted by Crippen LogP contribution is -2.50. The molecule has 5 nitrogen and oxygen atoms in total. The minimum absolute atomic E-state index is 0.0837. The smallest absolute Gasteiger partial charge is 0.206 e. The van der Waals surface area contributed by atoms with Gasteiger partial charge in [-0.2, -0.15) is 0 Å².